The minimum atomic E-state index is -0.552. The molecule has 1 heterocycles. The van der Waals surface area contributed by atoms with Gasteiger partial charge >= 0.3 is 12.0 Å². The molecule has 2 N–H and O–H groups in total. The number of allylic oxidation sites excluding steroid dienone is 1. The van der Waals surface area contributed by atoms with Crippen LogP contribution >= 0.6 is 0 Å². The van der Waals surface area contributed by atoms with Crippen LogP contribution in [-0.4, -0.2) is 44.0 Å². The summed E-state index contributed by atoms with van der Waals surface area (Å²) in [6, 6.07) is 13.3. The number of carbonyl (C=O) groups excluding carboxylic acids is 3. The van der Waals surface area contributed by atoms with Gasteiger partial charge in [-0.15, -0.1) is 0 Å². The van der Waals surface area contributed by atoms with Crippen LogP contribution in [0.3, 0.4) is 0 Å². The number of rotatable bonds is 6. The van der Waals surface area contributed by atoms with E-state index in [1.54, 1.807) is 57.4 Å². The summed E-state index contributed by atoms with van der Waals surface area (Å²) < 4.78 is 10.5. The summed E-state index contributed by atoms with van der Waals surface area (Å²) in [7, 11) is 4.68. The molecule has 0 saturated carbocycles. The maximum Gasteiger partial charge on any atom is 0.337 e. The van der Waals surface area contributed by atoms with Crippen molar-refractivity contribution in [2.24, 2.45) is 0 Å². The van der Waals surface area contributed by atoms with E-state index in [0.29, 0.717) is 29.2 Å². The maximum absolute atomic E-state index is 12.6. The lowest BCUT2D eigenvalue weighted by Crippen LogP contribution is -2.46. The Kier molecular flexibility index (Phi) is 6.59. The third-order valence-electron chi connectivity index (χ3n) is 4.90. The number of ether oxygens (including phenoxy) is 2. The van der Waals surface area contributed by atoms with Gasteiger partial charge in [0, 0.05) is 19.8 Å². The highest BCUT2D eigenvalue weighted by Crippen LogP contribution is 2.29. The topological polar surface area (TPSA) is 97.0 Å². The zero-order valence-electron chi connectivity index (χ0n) is 17.9. The first-order chi connectivity index (χ1) is 14.8. The molecule has 0 radical (unpaired) electrons. The standard InChI is InChI=1S/C23H25N3O5/c1-14-19(21(27)26(2)3)20(25-23(29)24-14)16-9-11-18(12-10-16)31-13-15-5-7-17(8-6-15)22(28)30-4/h5-12,20H,13H2,1-4H3,(H2,24,25,29)/t20-/m1/s1. The first-order valence-electron chi connectivity index (χ1n) is 9.70. The summed E-state index contributed by atoms with van der Waals surface area (Å²) in [4.78, 5) is 37.6. The number of nitrogens with zero attached hydrogens (tertiary/aromatic N) is 1. The molecule has 1 aliphatic heterocycles. The molecule has 0 saturated heterocycles. The van der Waals surface area contributed by atoms with E-state index in [0.717, 1.165) is 11.1 Å². The lowest BCUT2D eigenvalue weighted by atomic mass is 9.94. The minimum Gasteiger partial charge on any atom is -0.489 e. The van der Waals surface area contributed by atoms with Crippen LogP contribution in [0.2, 0.25) is 0 Å². The quantitative estimate of drug-likeness (QED) is 0.697. The molecular weight excluding hydrogens is 398 g/mol. The van der Waals surface area contributed by atoms with Crippen LogP contribution < -0.4 is 15.4 Å². The maximum atomic E-state index is 12.6. The summed E-state index contributed by atoms with van der Waals surface area (Å²) in [5.74, 6) is 0.0810. The van der Waals surface area contributed by atoms with Crippen LogP contribution in [0.4, 0.5) is 4.79 Å². The third-order valence-corrected chi connectivity index (χ3v) is 4.90. The van der Waals surface area contributed by atoms with E-state index >= 15 is 0 Å². The van der Waals surface area contributed by atoms with Crippen molar-refractivity contribution in [3.63, 3.8) is 0 Å². The van der Waals surface area contributed by atoms with E-state index in [2.05, 4.69) is 15.4 Å². The Morgan fingerprint density at radius 2 is 1.68 bits per heavy atom. The fourth-order valence-corrected chi connectivity index (χ4v) is 3.25. The molecule has 0 bridgehead atoms. The van der Waals surface area contributed by atoms with Crippen LogP contribution in [0.25, 0.3) is 0 Å². The van der Waals surface area contributed by atoms with E-state index in [1.807, 2.05) is 12.1 Å². The first kappa shape index (κ1) is 21.9. The first-order valence-corrected chi connectivity index (χ1v) is 9.70. The van der Waals surface area contributed by atoms with Crippen molar-refractivity contribution in [3.05, 3.63) is 76.5 Å². The van der Waals surface area contributed by atoms with E-state index in [1.165, 1.54) is 12.0 Å². The molecule has 2 aromatic rings. The number of carbonyl (C=O) groups is 3. The number of amides is 3. The predicted octanol–water partition coefficient (Wildman–Crippen LogP) is 2.77. The average Bonchev–Trinajstić information content (AvgIpc) is 2.77. The van der Waals surface area contributed by atoms with Crippen LogP contribution in [-0.2, 0) is 16.1 Å². The molecule has 1 aliphatic rings. The van der Waals surface area contributed by atoms with Gasteiger partial charge in [-0.2, -0.15) is 0 Å². The predicted molar refractivity (Wildman–Crippen MR) is 114 cm³/mol. The van der Waals surface area contributed by atoms with Crippen LogP contribution in [0.1, 0.15) is 34.5 Å². The van der Waals surface area contributed by atoms with Gasteiger partial charge in [-0.25, -0.2) is 9.59 Å². The van der Waals surface area contributed by atoms with Crippen molar-refractivity contribution in [2.45, 2.75) is 19.6 Å². The normalized spacial score (nSPS) is 15.6. The minimum absolute atomic E-state index is 0.175. The lowest BCUT2D eigenvalue weighted by Gasteiger charge is -2.30. The molecule has 0 spiro atoms. The molecule has 8 nitrogen and oxygen atoms in total. The zero-order valence-corrected chi connectivity index (χ0v) is 17.9. The van der Waals surface area contributed by atoms with Gasteiger partial charge in [0.15, 0.2) is 0 Å². The van der Waals surface area contributed by atoms with Crippen molar-refractivity contribution in [3.8, 4) is 5.75 Å². The summed E-state index contributed by atoms with van der Waals surface area (Å²) in [5, 5.41) is 5.47. The van der Waals surface area contributed by atoms with Gasteiger partial charge in [0.2, 0.25) is 0 Å². The molecule has 3 amide bonds. The second kappa shape index (κ2) is 9.34. The second-order valence-corrected chi connectivity index (χ2v) is 7.32. The summed E-state index contributed by atoms with van der Waals surface area (Å²) in [6.07, 6.45) is 0. The number of nitrogens with one attached hydrogen (secondary N) is 2. The Morgan fingerprint density at radius 1 is 1.03 bits per heavy atom. The highest BCUT2D eigenvalue weighted by atomic mass is 16.5. The van der Waals surface area contributed by atoms with Gasteiger partial charge < -0.3 is 25.0 Å². The van der Waals surface area contributed by atoms with Crippen molar-refractivity contribution in [1.29, 1.82) is 0 Å². The molecule has 3 rings (SSSR count). The van der Waals surface area contributed by atoms with Gasteiger partial charge in [-0.1, -0.05) is 24.3 Å². The second-order valence-electron chi connectivity index (χ2n) is 7.32. The zero-order chi connectivity index (χ0) is 22.5. The number of benzene rings is 2. The molecule has 1 atom stereocenters. The molecule has 2 aromatic carbocycles. The van der Waals surface area contributed by atoms with Gasteiger partial charge in [-0.05, 0) is 42.3 Å². The third kappa shape index (κ3) is 5.03. The summed E-state index contributed by atoms with van der Waals surface area (Å²) in [6.45, 7) is 2.04. The van der Waals surface area contributed by atoms with E-state index in [-0.39, 0.29) is 17.9 Å². The number of methoxy groups -OCH3 is 1. The largest absolute Gasteiger partial charge is 0.489 e. The van der Waals surface area contributed by atoms with E-state index in [4.69, 9.17) is 4.74 Å². The van der Waals surface area contributed by atoms with Crippen molar-refractivity contribution in [1.82, 2.24) is 15.5 Å². The molecule has 31 heavy (non-hydrogen) atoms. The van der Waals surface area contributed by atoms with Gasteiger partial charge in [0.05, 0.1) is 24.3 Å². The molecule has 8 heteroatoms. The average molecular weight is 423 g/mol. The molecule has 0 unspecified atom stereocenters. The Balaban J connectivity index is 1.71. The lowest BCUT2D eigenvalue weighted by molar-refractivity contribution is -0.125. The monoisotopic (exact) mass is 423 g/mol. The van der Waals surface area contributed by atoms with Crippen molar-refractivity contribution < 1.29 is 23.9 Å². The number of esters is 1. The van der Waals surface area contributed by atoms with E-state index < -0.39 is 6.04 Å². The highest BCUT2D eigenvalue weighted by molar-refractivity contribution is 5.98. The molecule has 0 aromatic heterocycles. The molecule has 0 aliphatic carbocycles. The molecule has 0 fully saturated rings. The van der Waals surface area contributed by atoms with Crippen molar-refractivity contribution >= 4 is 17.9 Å². The van der Waals surface area contributed by atoms with Gasteiger partial charge in [-0.3, -0.25) is 4.79 Å². The molecule has 162 valence electrons. The molecular formula is C23H25N3O5. The Bertz CT molecular complexity index is 1010. The Hall–Kier alpha value is -3.81. The SMILES string of the molecule is COC(=O)c1ccc(COc2ccc([C@H]3NC(=O)NC(C)=C3C(=O)N(C)C)cc2)cc1. The summed E-state index contributed by atoms with van der Waals surface area (Å²) in [5.41, 5.74) is 3.17. The highest BCUT2D eigenvalue weighted by Gasteiger charge is 2.31. The fourth-order valence-electron chi connectivity index (χ4n) is 3.25. The van der Waals surface area contributed by atoms with E-state index in [9.17, 15) is 14.4 Å². The van der Waals surface area contributed by atoms with Crippen LogP contribution in [0, 0.1) is 0 Å². The summed E-state index contributed by atoms with van der Waals surface area (Å²) >= 11 is 0. The van der Waals surface area contributed by atoms with Crippen LogP contribution in [0.15, 0.2) is 59.8 Å². The van der Waals surface area contributed by atoms with Gasteiger partial charge in [0.25, 0.3) is 5.91 Å². The van der Waals surface area contributed by atoms with Gasteiger partial charge in [0.1, 0.15) is 12.4 Å². The fraction of sp³-hybridized carbons (Fsp3) is 0.261. The van der Waals surface area contributed by atoms with Crippen molar-refractivity contribution in [2.75, 3.05) is 21.2 Å². The number of likely N-dealkylation sites (N-methyl/N-ethyl adjacent to an activating group) is 1. The number of hydrogen-bond acceptors (Lipinski definition) is 5. The smallest absolute Gasteiger partial charge is 0.337 e. The Morgan fingerprint density at radius 3 is 2.26 bits per heavy atom. The number of urea groups is 1. The Labute approximate surface area is 180 Å². The number of hydrogen-bond donors (Lipinski definition) is 2. The van der Waals surface area contributed by atoms with Crippen LogP contribution in [0.5, 0.6) is 5.75 Å².